The highest BCUT2D eigenvalue weighted by Crippen LogP contribution is 2.27. The van der Waals surface area contributed by atoms with Crippen molar-refractivity contribution in [1.29, 1.82) is 0 Å². The van der Waals surface area contributed by atoms with Crippen molar-refractivity contribution in [3.63, 3.8) is 0 Å². The van der Waals surface area contributed by atoms with E-state index >= 15 is 0 Å². The Labute approximate surface area is 115 Å². The lowest BCUT2D eigenvalue weighted by atomic mass is 10.2. The molecule has 0 radical (unpaired) electrons. The lowest BCUT2D eigenvalue weighted by Gasteiger charge is -2.20. The molecular formula is C15H13FN2O2. The van der Waals surface area contributed by atoms with Crippen LogP contribution in [0.2, 0.25) is 0 Å². The summed E-state index contributed by atoms with van der Waals surface area (Å²) in [7, 11) is 1.68. The van der Waals surface area contributed by atoms with Crippen molar-refractivity contribution in [2.45, 2.75) is 0 Å². The Hall–Kier alpha value is -2.69. The molecule has 1 aromatic carbocycles. The molecule has 0 spiro atoms. The zero-order valence-electron chi connectivity index (χ0n) is 10.8. The van der Waals surface area contributed by atoms with E-state index in [0.29, 0.717) is 17.1 Å². The molecule has 0 aliphatic heterocycles. The maximum absolute atomic E-state index is 13.8. The first-order valence-electron chi connectivity index (χ1n) is 5.94. The standard InChI is InChI=1S/C15H13FN2O2/c1-18(13-7-3-2-6-12(13)16)15-11(5-4-10-17-15)8-9-14(19)20/h2-10H,1H3,(H,19,20)/b9-8+. The van der Waals surface area contributed by atoms with Crippen LogP contribution >= 0.6 is 0 Å². The van der Waals surface area contributed by atoms with Crippen LogP contribution in [0.3, 0.4) is 0 Å². The number of benzene rings is 1. The third-order valence-electron chi connectivity index (χ3n) is 2.75. The molecule has 1 heterocycles. The van der Waals surface area contributed by atoms with E-state index in [1.165, 1.54) is 12.1 Å². The third kappa shape index (κ3) is 3.00. The zero-order valence-corrected chi connectivity index (χ0v) is 10.8. The second-order valence-electron chi connectivity index (χ2n) is 4.10. The molecule has 2 aromatic rings. The van der Waals surface area contributed by atoms with Crippen LogP contribution in [-0.4, -0.2) is 23.1 Å². The van der Waals surface area contributed by atoms with E-state index in [0.717, 1.165) is 6.08 Å². The molecule has 5 heteroatoms. The van der Waals surface area contributed by atoms with Crippen molar-refractivity contribution >= 4 is 23.6 Å². The monoisotopic (exact) mass is 272 g/mol. The molecule has 102 valence electrons. The van der Waals surface area contributed by atoms with Crippen molar-refractivity contribution < 1.29 is 14.3 Å². The Balaban J connectivity index is 2.42. The molecule has 0 aliphatic carbocycles. The molecule has 0 unspecified atom stereocenters. The highest BCUT2D eigenvalue weighted by atomic mass is 19.1. The van der Waals surface area contributed by atoms with Crippen LogP contribution in [0.25, 0.3) is 6.08 Å². The number of aliphatic carboxylic acids is 1. The number of para-hydroxylation sites is 1. The molecular weight excluding hydrogens is 259 g/mol. The van der Waals surface area contributed by atoms with E-state index in [1.54, 1.807) is 48.5 Å². The maximum Gasteiger partial charge on any atom is 0.328 e. The van der Waals surface area contributed by atoms with Crippen LogP contribution < -0.4 is 4.90 Å². The minimum absolute atomic E-state index is 0.367. The van der Waals surface area contributed by atoms with Gasteiger partial charge in [-0.3, -0.25) is 0 Å². The largest absolute Gasteiger partial charge is 0.478 e. The molecule has 2 rings (SSSR count). The number of hydrogen-bond acceptors (Lipinski definition) is 3. The van der Waals surface area contributed by atoms with Crippen molar-refractivity contribution in [2.75, 3.05) is 11.9 Å². The summed E-state index contributed by atoms with van der Waals surface area (Å²) < 4.78 is 13.8. The second kappa shape index (κ2) is 5.97. The minimum atomic E-state index is -1.05. The van der Waals surface area contributed by atoms with Gasteiger partial charge in [0.15, 0.2) is 0 Å². The van der Waals surface area contributed by atoms with Gasteiger partial charge in [0.05, 0.1) is 5.69 Å². The topological polar surface area (TPSA) is 53.4 Å². The number of carboxylic acids is 1. The first kappa shape index (κ1) is 13.7. The van der Waals surface area contributed by atoms with Crippen LogP contribution in [0.1, 0.15) is 5.56 Å². The molecule has 0 bridgehead atoms. The van der Waals surface area contributed by atoms with Crippen LogP contribution in [0.5, 0.6) is 0 Å². The quantitative estimate of drug-likeness (QED) is 0.869. The van der Waals surface area contributed by atoms with E-state index in [4.69, 9.17) is 5.11 Å². The molecule has 1 N–H and O–H groups in total. The second-order valence-corrected chi connectivity index (χ2v) is 4.10. The Morgan fingerprint density at radius 2 is 2.05 bits per heavy atom. The van der Waals surface area contributed by atoms with Crippen molar-refractivity contribution in [3.05, 3.63) is 60.1 Å². The SMILES string of the molecule is CN(c1ccccc1F)c1ncccc1/C=C/C(=O)O. The van der Waals surface area contributed by atoms with Gasteiger partial charge < -0.3 is 10.0 Å². The van der Waals surface area contributed by atoms with Gasteiger partial charge in [-0.15, -0.1) is 0 Å². The van der Waals surface area contributed by atoms with E-state index in [1.807, 2.05) is 0 Å². The summed E-state index contributed by atoms with van der Waals surface area (Å²) in [5, 5.41) is 8.68. The minimum Gasteiger partial charge on any atom is -0.478 e. The molecule has 0 atom stereocenters. The number of aromatic nitrogens is 1. The molecule has 0 saturated carbocycles. The molecule has 4 nitrogen and oxygen atoms in total. The number of rotatable bonds is 4. The lowest BCUT2D eigenvalue weighted by Crippen LogP contribution is -2.14. The van der Waals surface area contributed by atoms with Gasteiger partial charge in [0.1, 0.15) is 11.6 Å². The average Bonchev–Trinajstić information content (AvgIpc) is 2.45. The Kier molecular flexibility index (Phi) is 4.10. The molecule has 20 heavy (non-hydrogen) atoms. The number of halogens is 1. The predicted octanol–water partition coefficient (Wildman–Crippen LogP) is 3.09. The fraction of sp³-hybridized carbons (Fsp3) is 0.0667. The van der Waals surface area contributed by atoms with Crippen LogP contribution in [0.4, 0.5) is 15.9 Å². The zero-order chi connectivity index (χ0) is 14.5. The Morgan fingerprint density at radius 3 is 2.75 bits per heavy atom. The Morgan fingerprint density at radius 1 is 1.30 bits per heavy atom. The van der Waals surface area contributed by atoms with E-state index in [9.17, 15) is 9.18 Å². The molecule has 0 amide bonds. The number of pyridine rings is 1. The summed E-state index contributed by atoms with van der Waals surface area (Å²) in [5.74, 6) is -0.933. The van der Waals surface area contributed by atoms with Gasteiger partial charge in [0.25, 0.3) is 0 Å². The van der Waals surface area contributed by atoms with Gasteiger partial charge in [-0.25, -0.2) is 14.2 Å². The number of hydrogen-bond donors (Lipinski definition) is 1. The van der Waals surface area contributed by atoms with Gasteiger partial charge in [-0.2, -0.15) is 0 Å². The fourth-order valence-electron chi connectivity index (χ4n) is 1.82. The average molecular weight is 272 g/mol. The van der Waals surface area contributed by atoms with Crippen LogP contribution in [-0.2, 0) is 4.79 Å². The van der Waals surface area contributed by atoms with E-state index < -0.39 is 5.97 Å². The van der Waals surface area contributed by atoms with E-state index in [-0.39, 0.29) is 5.82 Å². The molecule has 1 aromatic heterocycles. The van der Waals surface area contributed by atoms with Gasteiger partial charge in [-0.05, 0) is 30.3 Å². The van der Waals surface area contributed by atoms with Crippen LogP contribution in [0.15, 0.2) is 48.7 Å². The first-order chi connectivity index (χ1) is 9.59. The van der Waals surface area contributed by atoms with Gasteiger partial charge in [0, 0.05) is 24.9 Å². The van der Waals surface area contributed by atoms with Gasteiger partial charge >= 0.3 is 5.97 Å². The first-order valence-corrected chi connectivity index (χ1v) is 5.94. The fourth-order valence-corrected chi connectivity index (χ4v) is 1.82. The predicted molar refractivity (Wildman–Crippen MR) is 75.4 cm³/mol. The van der Waals surface area contributed by atoms with Crippen molar-refractivity contribution in [2.24, 2.45) is 0 Å². The number of nitrogens with zero attached hydrogens (tertiary/aromatic N) is 2. The third-order valence-corrected chi connectivity index (χ3v) is 2.75. The summed E-state index contributed by atoms with van der Waals surface area (Å²) in [5.41, 5.74) is 0.969. The summed E-state index contributed by atoms with van der Waals surface area (Å²) in [6.45, 7) is 0. The van der Waals surface area contributed by atoms with Gasteiger partial charge in [0.2, 0.25) is 0 Å². The number of carbonyl (C=O) groups is 1. The summed E-state index contributed by atoms with van der Waals surface area (Å²) in [4.78, 5) is 16.4. The highest BCUT2D eigenvalue weighted by molar-refractivity contribution is 5.87. The van der Waals surface area contributed by atoms with Crippen molar-refractivity contribution in [3.8, 4) is 0 Å². The molecule has 0 aliphatic rings. The van der Waals surface area contributed by atoms with Crippen LogP contribution in [0, 0.1) is 5.82 Å². The molecule has 0 saturated heterocycles. The Bertz CT molecular complexity index is 656. The van der Waals surface area contributed by atoms with E-state index in [2.05, 4.69) is 4.98 Å². The van der Waals surface area contributed by atoms with Crippen molar-refractivity contribution in [1.82, 2.24) is 4.98 Å². The summed E-state index contributed by atoms with van der Waals surface area (Å²) in [6.07, 6.45) is 4.03. The molecule has 0 fully saturated rings. The maximum atomic E-state index is 13.8. The highest BCUT2D eigenvalue weighted by Gasteiger charge is 2.12. The number of anilines is 2. The normalized spacial score (nSPS) is 10.7. The van der Waals surface area contributed by atoms with Gasteiger partial charge in [-0.1, -0.05) is 12.1 Å². The summed E-state index contributed by atoms with van der Waals surface area (Å²) in [6, 6.07) is 9.75. The number of carboxylic acid groups (broad SMARTS) is 1. The lowest BCUT2D eigenvalue weighted by molar-refractivity contribution is -0.131. The summed E-state index contributed by atoms with van der Waals surface area (Å²) >= 11 is 0. The smallest absolute Gasteiger partial charge is 0.328 e.